The van der Waals surface area contributed by atoms with Crippen molar-refractivity contribution in [3.8, 4) is 5.75 Å². The van der Waals surface area contributed by atoms with Gasteiger partial charge in [0.2, 0.25) is 5.95 Å². The number of ether oxygens (including phenoxy) is 1. The van der Waals surface area contributed by atoms with Crippen LogP contribution >= 0.6 is 0 Å². The van der Waals surface area contributed by atoms with E-state index in [1.54, 1.807) is 0 Å². The van der Waals surface area contributed by atoms with E-state index in [1.807, 2.05) is 0 Å². The Morgan fingerprint density at radius 3 is 2.67 bits per heavy atom. The molecule has 7 heteroatoms. The predicted octanol–water partition coefficient (Wildman–Crippen LogP) is 2.18. The molecule has 0 saturated carbocycles. The first kappa shape index (κ1) is 14.4. The van der Waals surface area contributed by atoms with Crippen molar-refractivity contribution in [1.82, 2.24) is 4.98 Å². The first-order chi connectivity index (χ1) is 10.0. The maximum absolute atomic E-state index is 13.0. The number of carboxylic acids is 1. The summed E-state index contributed by atoms with van der Waals surface area (Å²) < 4.78 is 18.0. The van der Waals surface area contributed by atoms with Crippen LogP contribution in [0.25, 0.3) is 0 Å². The lowest BCUT2D eigenvalue weighted by atomic mass is 10.1. The molecule has 1 amide bonds. The fourth-order valence-electron chi connectivity index (χ4n) is 1.68. The van der Waals surface area contributed by atoms with Crippen LogP contribution in [-0.4, -0.2) is 29.1 Å². The molecule has 108 valence electrons. The highest BCUT2D eigenvalue weighted by atomic mass is 19.1. The quantitative estimate of drug-likeness (QED) is 0.842. The van der Waals surface area contributed by atoms with Crippen molar-refractivity contribution in [2.24, 2.45) is 0 Å². The minimum Gasteiger partial charge on any atom is -0.497 e. The lowest BCUT2D eigenvalue weighted by Gasteiger charge is -2.10. The number of anilines is 1. The van der Waals surface area contributed by atoms with E-state index in [4.69, 9.17) is 9.84 Å². The molecular formula is C14H11FN2O4. The second-order valence-corrected chi connectivity index (χ2v) is 4.04. The van der Waals surface area contributed by atoms with Crippen LogP contribution in [0.5, 0.6) is 5.75 Å². The Morgan fingerprint density at radius 1 is 1.29 bits per heavy atom. The Hall–Kier alpha value is -2.96. The first-order valence-electron chi connectivity index (χ1n) is 5.85. The van der Waals surface area contributed by atoms with Crippen molar-refractivity contribution >= 4 is 17.6 Å². The van der Waals surface area contributed by atoms with Gasteiger partial charge in [0.1, 0.15) is 5.75 Å². The zero-order valence-corrected chi connectivity index (χ0v) is 11.0. The monoisotopic (exact) mass is 290 g/mol. The molecule has 0 aliphatic rings. The fraction of sp³-hybridized carbons (Fsp3) is 0.0714. The molecule has 2 N–H and O–H groups in total. The molecule has 0 bridgehead atoms. The highest BCUT2D eigenvalue weighted by Crippen LogP contribution is 2.23. The van der Waals surface area contributed by atoms with Gasteiger partial charge in [-0.25, -0.2) is 9.78 Å². The number of benzene rings is 1. The third-order valence-electron chi connectivity index (χ3n) is 2.69. The number of aromatic nitrogens is 1. The number of nitrogens with one attached hydrogen (secondary N) is 1. The second-order valence-electron chi connectivity index (χ2n) is 4.04. The molecular weight excluding hydrogens is 279 g/mol. The van der Waals surface area contributed by atoms with Crippen LogP contribution in [0.1, 0.15) is 20.7 Å². The summed E-state index contributed by atoms with van der Waals surface area (Å²) in [4.78, 5) is 26.5. The normalized spacial score (nSPS) is 10.0. The minimum atomic E-state index is -1.20. The topological polar surface area (TPSA) is 88.5 Å². The van der Waals surface area contributed by atoms with Crippen LogP contribution in [0.4, 0.5) is 10.1 Å². The van der Waals surface area contributed by atoms with Crippen LogP contribution < -0.4 is 10.1 Å². The van der Waals surface area contributed by atoms with Gasteiger partial charge in [-0.2, -0.15) is 4.39 Å². The lowest BCUT2D eigenvalue weighted by Crippen LogP contribution is -2.15. The summed E-state index contributed by atoms with van der Waals surface area (Å²) in [5, 5.41) is 11.5. The molecule has 1 heterocycles. The van der Waals surface area contributed by atoms with E-state index in [0.29, 0.717) is 5.75 Å². The maximum Gasteiger partial charge on any atom is 0.337 e. The summed E-state index contributed by atoms with van der Waals surface area (Å²) in [6.45, 7) is 0. The number of aromatic carboxylic acids is 1. The van der Waals surface area contributed by atoms with Gasteiger partial charge >= 0.3 is 5.97 Å². The number of carbonyl (C=O) groups excluding carboxylic acids is 1. The van der Waals surface area contributed by atoms with Gasteiger partial charge in [0.05, 0.1) is 18.4 Å². The molecule has 6 nitrogen and oxygen atoms in total. The number of rotatable bonds is 4. The first-order valence-corrected chi connectivity index (χ1v) is 5.85. The largest absolute Gasteiger partial charge is 0.497 e. The van der Waals surface area contributed by atoms with Gasteiger partial charge in [-0.3, -0.25) is 4.79 Å². The summed E-state index contributed by atoms with van der Waals surface area (Å²) in [6.07, 6.45) is 1.15. The number of hydrogen-bond acceptors (Lipinski definition) is 4. The fourth-order valence-corrected chi connectivity index (χ4v) is 1.68. The molecule has 0 fully saturated rings. The highest BCUT2D eigenvalue weighted by molar-refractivity contribution is 6.07. The summed E-state index contributed by atoms with van der Waals surface area (Å²) in [7, 11) is 1.42. The Balaban J connectivity index is 2.33. The van der Waals surface area contributed by atoms with Crippen molar-refractivity contribution < 1.29 is 23.8 Å². The molecule has 2 aromatic rings. The number of hydrogen-bond donors (Lipinski definition) is 2. The molecule has 0 aliphatic heterocycles. The van der Waals surface area contributed by atoms with Crippen molar-refractivity contribution in [3.63, 3.8) is 0 Å². The van der Waals surface area contributed by atoms with Crippen LogP contribution in [-0.2, 0) is 0 Å². The van der Waals surface area contributed by atoms with Gasteiger partial charge in [-0.1, -0.05) is 0 Å². The van der Waals surface area contributed by atoms with Crippen molar-refractivity contribution in [2.75, 3.05) is 12.4 Å². The van der Waals surface area contributed by atoms with Gasteiger partial charge in [-0.05, 0) is 18.2 Å². The summed E-state index contributed by atoms with van der Waals surface area (Å²) >= 11 is 0. The van der Waals surface area contributed by atoms with Gasteiger partial charge in [0.25, 0.3) is 5.91 Å². The highest BCUT2D eigenvalue weighted by Gasteiger charge is 2.15. The second kappa shape index (κ2) is 6.00. The minimum absolute atomic E-state index is 0.0293. The van der Waals surface area contributed by atoms with E-state index in [-0.39, 0.29) is 16.8 Å². The number of pyridine rings is 1. The number of methoxy groups -OCH3 is 1. The van der Waals surface area contributed by atoms with E-state index >= 15 is 0 Å². The lowest BCUT2D eigenvalue weighted by molar-refractivity contribution is 0.0698. The van der Waals surface area contributed by atoms with E-state index in [9.17, 15) is 14.0 Å². The summed E-state index contributed by atoms with van der Waals surface area (Å²) in [5.41, 5.74) is -0.00981. The third kappa shape index (κ3) is 3.33. The molecule has 0 spiro atoms. The third-order valence-corrected chi connectivity index (χ3v) is 2.69. The smallest absolute Gasteiger partial charge is 0.337 e. The number of carboxylic acid groups (broad SMARTS) is 1. The molecule has 1 aromatic heterocycles. The average Bonchev–Trinajstić information content (AvgIpc) is 2.46. The van der Waals surface area contributed by atoms with E-state index in [0.717, 1.165) is 12.3 Å². The van der Waals surface area contributed by atoms with Crippen LogP contribution in [0.15, 0.2) is 36.5 Å². The molecule has 0 aliphatic carbocycles. The molecule has 2 rings (SSSR count). The zero-order chi connectivity index (χ0) is 15.4. The Kier molecular flexibility index (Phi) is 4.13. The molecule has 0 radical (unpaired) electrons. The van der Waals surface area contributed by atoms with E-state index < -0.39 is 17.8 Å². The summed E-state index contributed by atoms with van der Waals surface area (Å²) in [6, 6.07) is 6.42. The predicted molar refractivity (Wildman–Crippen MR) is 72.1 cm³/mol. The van der Waals surface area contributed by atoms with Gasteiger partial charge in [-0.15, -0.1) is 0 Å². The number of carbonyl (C=O) groups is 2. The number of nitrogens with zero attached hydrogens (tertiary/aromatic N) is 1. The van der Waals surface area contributed by atoms with Crippen molar-refractivity contribution in [2.45, 2.75) is 0 Å². The molecule has 0 unspecified atom stereocenters. The van der Waals surface area contributed by atoms with E-state index in [1.165, 1.54) is 31.4 Å². The maximum atomic E-state index is 13.0. The van der Waals surface area contributed by atoms with Gasteiger partial charge in [0, 0.05) is 23.9 Å². The van der Waals surface area contributed by atoms with Crippen LogP contribution in [0, 0.1) is 5.95 Å². The SMILES string of the molecule is COc1ccc(C(=O)O)c(NC(=O)c2ccnc(F)c2)c1. The molecule has 0 atom stereocenters. The Bertz CT molecular complexity index is 703. The van der Waals surface area contributed by atoms with Gasteiger partial charge < -0.3 is 15.2 Å². The Labute approximate surface area is 119 Å². The average molecular weight is 290 g/mol. The molecule has 1 aromatic carbocycles. The molecule has 21 heavy (non-hydrogen) atoms. The van der Waals surface area contributed by atoms with Crippen LogP contribution in [0.3, 0.4) is 0 Å². The van der Waals surface area contributed by atoms with Crippen molar-refractivity contribution in [3.05, 3.63) is 53.6 Å². The zero-order valence-electron chi connectivity index (χ0n) is 11.0. The number of amides is 1. The standard InChI is InChI=1S/C14H11FN2O4/c1-21-9-2-3-10(14(19)20)11(7-9)17-13(18)8-4-5-16-12(15)6-8/h2-7H,1H3,(H,17,18)(H,19,20). The van der Waals surface area contributed by atoms with Gasteiger partial charge in [0.15, 0.2) is 0 Å². The molecule has 0 saturated heterocycles. The summed E-state index contributed by atoms with van der Waals surface area (Å²) in [5.74, 6) is -2.26. The van der Waals surface area contributed by atoms with E-state index in [2.05, 4.69) is 10.3 Å². The van der Waals surface area contributed by atoms with Crippen molar-refractivity contribution in [1.29, 1.82) is 0 Å². The number of halogens is 1. The Morgan fingerprint density at radius 2 is 2.05 bits per heavy atom. The van der Waals surface area contributed by atoms with Crippen LogP contribution in [0.2, 0.25) is 0 Å².